The molecule has 4 rings (SSSR count). The molecule has 0 bridgehead atoms. The van der Waals surface area contributed by atoms with Gasteiger partial charge < -0.3 is 9.84 Å². The Morgan fingerprint density at radius 2 is 1.79 bits per heavy atom. The van der Waals surface area contributed by atoms with E-state index in [-0.39, 0.29) is 11.8 Å². The minimum atomic E-state index is -0.517. The van der Waals surface area contributed by atoms with E-state index in [0.717, 1.165) is 48.1 Å². The molecule has 1 N–H and O–H groups in total. The highest BCUT2D eigenvalue weighted by Crippen LogP contribution is 2.37. The molecule has 0 radical (unpaired) electrons. The van der Waals surface area contributed by atoms with Crippen molar-refractivity contribution in [3.05, 3.63) is 77.1 Å². The fourth-order valence-electron chi connectivity index (χ4n) is 4.09. The van der Waals surface area contributed by atoms with Crippen molar-refractivity contribution in [2.75, 3.05) is 6.54 Å². The zero-order valence-corrected chi connectivity index (χ0v) is 19.3. The second kappa shape index (κ2) is 9.98. The van der Waals surface area contributed by atoms with E-state index in [4.69, 9.17) is 4.52 Å². The van der Waals surface area contributed by atoms with Crippen molar-refractivity contribution in [3.8, 4) is 11.4 Å². The van der Waals surface area contributed by atoms with Crippen LogP contribution in [-0.2, 0) is 6.42 Å². The normalized spacial score (nSPS) is 16.3. The van der Waals surface area contributed by atoms with Gasteiger partial charge in [0.05, 0.1) is 11.6 Å². The van der Waals surface area contributed by atoms with E-state index in [0.29, 0.717) is 18.3 Å². The number of aryl methyl sites for hydroxylation is 1. The summed E-state index contributed by atoms with van der Waals surface area (Å²) in [7, 11) is 0. The average Bonchev–Trinajstić information content (AvgIpc) is 3.31. The SMILES string of the molecule is CCCCCN1C(=O)NC(c2ccc(F)cc2)C(c2nc(-c3ccc(CC)cc3)no2)=C1C. The third-order valence-corrected chi connectivity index (χ3v) is 6.06. The Bertz CT molecular complexity index is 1140. The highest BCUT2D eigenvalue weighted by atomic mass is 19.1. The van der Waals surface area contributed by atoms with Crippen LogP contribution in [0, 0.1) is 5.82 Å². The van der Waals surface area contributed by atoms with Crippen LogP contribution in [0.2, 0.25) is 0 Å². The number of nitrogens with zero attached hydrogens (tertiary/aromatic N) is 3. The van der Waals surface area contributed by atoms with Crippen molar-refractivity contribution in [3.63, 3.8) is 0 Å². The van der Waals surface area contributed by atoms with Crippen molar-refractivity contribution >= 4 is 11.6 Å². The van der Waals surface area contributed by atoms with Crippen molar-refractivity contribution < 1.29 is 13.7 Å². The van der Waals surface area contributed by atoms with E-state index in [9.17, 15) is 9.18 Å². The van der Waals surface area contributed by atoms with E-state index >= 15 is 0 Å². The molecule has 1 atom stereocenters. The van der Waals surface area contributed by atoms with E-state index in [1.165, 1.54) is 17.7 Å². The molecule has 7 heteroatoms. The van der Waals surface area contributed by atoms with Gasteiger partial charge in [0.15, 0.2) is 0 Å². The summed E-state index contributed by atoms with van der Waals surface area (Å²) in [6.45, 7) is 6.74. The summed E-state index contributed by atoms with van der Waals surface area (Å²) in [6.07, 6.45) is 3.95. The van der Waals surface area contributed by atoms with Crippen LogP contribution in [0.4, 0.5) is 9.18 Å². The predicted octanol–water partition coefficient (Wildman–Crippen LogP) is 6.13. The van der Waals surface area contributed by atoms with Gasteiger partial charge in [0.2, 0.25) is 5.82 Å². The highest BCUT2D eigenvalue weighted by molar-refractivity contribution is 5.86. The number of aromatic nitrogens is 2. The van der Waals surface area contributed by atoms with Crippen molar-refractivity contribution in [2.24, 2.45) is 0 Å². The average molecular weight is 449 g/mol. The smallest absolute Gasteiger partial charge is 0.322 e. The largest absolute Gasteiger partial charge is 0.334 e. The Balaban J connectivity index is 1.74. The molecule has 0 aliphatic carbocycles. The van der Waals surface area contributed by atoms with Gasteiger partial charge in [0.25, 0.3) is 5.89 Å². The number of allylic oxidation sites excluding steroid dienone is 1. The molecule has 0 saturated carbocycles. The Hall–Kier alpha value is -3.48. The van der Waals surface area contributed by atoms with Gasteiger partial charge in [-0.3, -0.25) is 4.90 Å². The number of hydrogen-bond donors (Lipinski definition) is 1. The molecule has 1 aliphatic rings. The van der Waals surface area contributed by atoms with Crippen molar-refractivity contribution in [1.82, 2.24) is 20.4 Å². The van der Waals surface area contributed by atoms with E-state index in [1.54, 1.807) is 17.0 Å². The van der Waals surface area contributed by atoms with Crippen LogP contribution >= 0.6 is 0 Å². The van der Waals surface area contributed by atoms with Crippen LogP contribution in [0.5, 0.6) is 0 Å². The Morgan fingerprint density at radius 1 is 1.06 bits per heavy atom. The molecule has 1 aliphatic heterocycles. The summed E-state index contributed by atoms with van der Waals surface area (Å²) < 4.78 is 19.3. The summed E-state index contributed by atoms with van der Waals surface area (Å²) in [5, 5.41) is 7.25. The standard InChI is InChI=1S/C26H29FN4O2/c1-4-6-7-16-31-17(3)22(23(28-26(31)32)19-12-14-21(27)15-13-19)25-29-24(30-33-25)20-10-8-18(5-2)9-11-20/h8-15,23H,4-7,16H2,1-3H3,(H,28,32). The second-order valence-corrected chi connectivity index (χ2v) is 8.27. The molecule has 0 saturated heterocycles. The molecule has 1 aromatic heterocycles. The molecule has 2 amide bonds. The summed E-state index contributed by atoms with van der Waals surface area (Å²) >= 11 is 0. The summed E-state index contributed by atoms with van der Waals surface area (Å²) in [4.78, 5) is 19.4. The number of unbranched alkanes of at least 4 members (excludes halogenated alkanes) is 2. The molecular formula is C26H29FN4O2. The molecule has 3 aromatic rings. The van der Waals surface area contributed by atoms with Gasteiger partial charge in [0.1, 0.15) is 5.82 Å². The summed E-state index contributed by atoms with van der Waals surface area (Å²) in [5.74, 6) is 0.497. The number of benzene rings is 2. The number of urea groups is 1. The lowest BCUT2D eigenvalue weighted by Crippen LogP contribution is -2.46. The quantitative estimate of drug-likeness (QED) is 0.421. The maximum atomic E-state index is 13.6. The van der Waals surface area contributed by atoms with Crippen LogP contribution in [0.3, 0.4) is 0 Å². The van der Waals surface area contributed by atoms with Crippen LogP contribution in [0.1, 0.15) is 63.1 Å². The number of rotatable bonds is 8. The number of amides is 2. The number of carbonyl (C=O) groups excluding carboxylic acids is 1. The Labute approximate surface area is 193 Å². The minimum absolute atomic E-state index is 0.184. The van der Waals surface area contributed by atoms with E-state index in [1.807, 2.05) is 31.2 Å². The van der Waals surface area contributed by atoms with Gasteiger partial charge in [0, 0.05) is 17.8 Å². The van der Waals surface area contributed by atoms with Crippen LogP contribution in [-0.4, -0.2) is 27.6 Å². The van der Waals surface area contributed by atoms with E-state index < -0.39 is 6.04 Å². The Morgan fingerprint density at radius 3 is 2.45 bits per heavy atom. The van der Waals surface area contributed by atoms with Gasteiger partial charge in [-0.05, 0) is 43.0 Å². The number of nitrogens with one attached hydrogen (secondary N) is 1. The predicted molar refractivity (Wildman–Crippen MR) is 126 cm³/mol. The summed E-state index contributed by atoms with van der Waals surface area (Å²) in [5.41, 5.74) is 4.33. The van der Waals surface area contributed by atoms with Gasteiger partial charge in [-0.25, -0.2) is 9.18 Å². The Kier molecular flexibility index (Phi) is 6.87. The van der Waals surface area contributed by atoms with E-state index in [2.05, 4.69) is 29.3 Å². The minimum Gasteiger partial charge on any atom is -0.334 e. The van der Waals surface area contributed by atoms with Crippen LogP contribution in [0.25, 0.3) is 17.0 Å². The van der Waals surface area contributed by atoms with Gasteiger partial charge >= 0.3 is 6.03 Å². The number of halogens is 1. The monoisotopic (exact) mass is 448 g/mol. The van der Waals surface area contributed by atoms with Gasteiger partial charge in [-0.1, -0.05) is 68.2 Å². The second-order valence-electron chi connectivity index (χ2n) is 8.27. The molecule has 6 nitrogen and oxygen atoms in total. The fourth-order valence-corrected chi connectivity index (χ4v) is 4.09. The maximum Gasteiger partial charge on any atom is 0.322 e. The van der Waals surface area contributed by atoms with Crippen LogP contribution < -0.4 is 5.32 Å². The maximum absolute atomic E-state index is 13.6. The van der Waals surface area contributed by atoms with Gasteiger partial charge in [-0.15, -0.1) is 0 Å². The first-order valence-corrected chi connectivity index (χ1v) is 11.5. The highest BCUT2D eigenvalue weighted by Gasteiger charge is 2.35. The summed E-state index contributed by atoms with van der Waals surface area (Å²) in [6, 6.07) is 13.5. The first-order chi connectivity index (χ1) is 16.0. The first-order valence-electron chi connectivity index (χ1n) is 11.5. The lowest BCUT2D eigenvalue weighted by molar-refractivity contribution is 0.204. The molecule has 2 aromatic carbocycles. The zero-order chi connectivity index (χ0) is 23.4. The topological polar surface area (TPSA) is 71.3 Å². The lowest BCUT2D eigenvalue weighted by Gasteiger charge is -2.35. The molecule has 1 unspecified atom stereocenters. The van der Waals surface area contributed by atoms with Crippen molar-refractivity contribution in [2.45, 2.75) is 52.5 Å². The van der Waals surface area contributed by atoms with Crippen molar-refractivity contribution in [1.29, 1.82) is 0 Å². The zero-order valence-electron chi connectivity index (χ0n) is 19.3. The molecule has 0 fully saturated rings. The molecular weight excluding hydrogens is 419 g/mol. The third-order valence-electron chi connectivity index (χ3n) is 6.06. The number of hydrogen-bond acceptors (Lipinski definition) is 4. The molecule has 2 heterocycles. The molecule has 0 spiro atoms. The molecule has 33 heavy (non-hydrogen) atoms. The first kappa shape index (κ1) is 22.7. The fraction of sp³-hybridized carbons (Fsp3) is 0.346. The lowest BCUT2D eigenvalue weighted by atomic mass is 9.94. The molecule has 172 valence electrons. The van der Waals surface area contributed by atoms with Crippen LogP contribution in [0.15, 0.2) is 58.8 Å². The van der Waals surface area contributed by atoms with Gasteiger partial charge in [-0.2, -0.15) is 4.98 Å². The number of carbonyl (C=O) groups is 1. The third kappa shape index (κ3) is 4.82.